The van der Waals surface area contributed by atoms with E-state index in [1.807, 2.05) is 26.2 Å². The maximum atomic E-state index is 9.04. The minimum Gasteiger partial charge on any atom is -0.493 e. The molecule has 3 aromatic rings. The third kappa shape index (κ3) is 6.81. The van der Waals surface area contributed by atoms with Crippen LogP contribution in [0.1, 0.15) is 54.6 Å². The molecule has 1 aliphatic heterocycles. The first-order chi connectivity index (χ1) is 17.1. The first kappa shape index (κ1) is 25.2. The van der Waals surface area contributed by atoms with E-state index in [-0.39, 0.29) is 0 Å². The van der Waals surface area contributed by atoms with Gasteiger partial charge in [0.1, 0.15) is 17.5 Å². The molecule has 0 amide bonds. The Morgan fingerprint density at radius 1 is 1.14 bits per heavy atom. The van der Waals surface area contributed by atoms with E-state index in [1.54, 1.807) is 6.20 Å². The van der Waals surface area contributed by atoms with Crippen LogP contribution in [0.15, 0.2) is 35.0 Å². The molecule has 3 heterocycles. The number of aromatic nitrogens is 2. The van der Waals surface area contributed by atoms with Crippen LogP contribution in [0.5, 0.6) is 5.75 Å². The van der Waals surface area contributed by atoms with Crippen LogP contribution < -0.4 is 10.1 Å². The molecule has 7 heteroatoms. The molecule has 0 radical (unpaired) electrons. The van der Waals surface area contributed by atoms with Crippen molar-refractivity contribution in [2.45, 2.75) is 52.0 Å². The van der Waals surface area contributed by atoms with Gasteiger partial charge in [0.2, 0.25) is 0 Å². The largest absolute Gasteiger partial charge is 0.493 e. The van der Waals surface area contributed by atoms with Crippen molar-refractivity contribution in [3.05, 3.63) is 53.0 Å². The van der Waals surface area contributed by atoms with E-state index in [0.29, 0.717) is 11.6 Å². The quantitative estimate of drug-likeness (QED) is 0.497. The molecule has 1 N–H and O–H groups in total. The SMILES string of the molecule is CNC.Cc1c(OCC2CC2)ccc2c(CCC3CCN(Cc4ccnc(C#N)c4)CC3)noc12. The van der Waals surface area contributed by atoms with Crippen molar-refractivity contribution in [3.8, 4) is 11.8 Å². The lowest BCUT2D eigenvalue weighted by atomic mass is 9.91. The Kier molecular flexibility index (Phi) is 8.73. The van der Waals surface area contributed by atoms with Crippen LogP contribution in [-0.4, -0.2) is 48.8 Å². The second-order valence-electron chi connectivity index (χ2n) is 9.87. The number of pyridine rings is 1. The minimum atomic E-state index is 0.494. The molecule has 0 unspecified atom stereocenters. The van der Waals surface area contributed by atoms with E-state index in [1.165, 1.54) is 31.2 Å². The smallest absolute Gasteiger partial charge is 0.173 e. The summed E-state index contributed by atoms with van der Waals surface area (Å²) in [5.74, 6) is 2.38. The van der Waals surface area contributed by atoms with Crippen LogP contribution in [-0.2, 0) is 13.0 Å². The van der Waals surface area contributed by atoms with Crippen LogP contribution in [0.25, 0.3) is 11.0 Å². The van der Waals surface area contributed by atoms with Crippen LogP contribution in [0.3, 0.4) is 0 Å². The summed E-state index contributed by atoms with van der Waals surface area (Å²) in [6.07, 6.45) is 8.80. The number of rotatable bonds is 8. The number of hydrogen-bond donors (Lipinski definition) is 1. The van der Waals surface area contributed by atoms with Crippen molar-refractivity contribution in [2.75, 3.05) is 33.8 Å². The second-order valence-corrected chi connectivity index (χ2v) is 9.87. The molecule has 2 fully saturated rings. The predicted molar refractivity (Wildman–Crippen MR) is 137 cm³/mol. The third-order valence-electron chi connectivity index (χ3n) is 6.93. The number of aryl methyl sites for hydroxylation is 2. The second kappa shape index (κ2) is 12.1. The molecule has 0 bridgehead atoms. The molecule has 1 saturated carbocycles. The van der Waals surface area contributed by atoms with Gasteiger partial charge in [-0.25, -0.2) is 4.98 Å². The lowest BCUT2D eigenvalue weighted by Crippen LogP contribution is -2.33. The molecular formula is C28H37N5O2. The average molecular weight is 476 g/mol. The first-order valence-corrected chi connectivity index (χ1v) is 12.8. The van der Waals surface area contributed by atoms with Gasteiger partial charge in [0.15, 0.2) is 5.58 Å². The van der Waals surface area contributed by atoms with Gasteiger partial charge in [0.25, 0.3) is 0 Å². The van der Waals surface area contributed by atoms with Crippen LogP contribution >= 0.6 is 0 Å². The highest BCUT2D eigenvalue weighted by Gasteiger charge is 2.23. The lowest BCUT2D eigenvalue weighted by molar-refractivity contribution is 0.172. The normalized spacial score (nSPS) is 16.5. The number of piperidine rings is 1. The highest BCUT2D eigenvalue weighted by atomic mass is 16.5. The topological polar surface area (TPSA) is 87.2 Å². The zero-order chi connectivity index (χ0) is 24.6. The van der Waals surface area contributed by atoms with Gasteiger partial charge >= 0.3 is 0 Å². The maximum Gasteiger partial charge on any atom is 0.173 e. The van der Waals surface area contributed by atoms with Gasteiger partial charge in [-0.1, -0.05) is 5.16 Å². The molecule has 35 heavy (non-hydrogen) atoms. The first-order valence-electron chi connectivity index (χ1n) is 12.8. The van der Waals surface area contributed by atoms with Crippen LogP contribution in [0, 0.1) is 30.1 Å². The summed E-state index contributed by atoms with van der Waals surface area (Å²) in [6, 6.07) is 10.2. The van der Waals surface area contributed by atoms with Gasteiger partial charge in [-0.2, -0.15) is 5.26 Å². The number of benzene rings is 1. The molecule has 0 atom stereocenters. The Hall–Kier alpha value is -2.95. The maximum absolute atomic E-state index is 9.04. The number of likely N-dealkylation sites (tertiary alicyclic amines) is 1. The van der Waals surface area contributed by atoms with E-state index < -0.39 is 0 Å². The molecule has 1 aromatic carbocycles. The van der Waals surface area contributed by atoms with Gasteiger partial charge in [-0.15, -0.1) is 0 Å². The molecule has 1 aliphatic carbocycles. The van der Waals surface area contributed by atoms with Crippen molar-refractivity contribution in [1.29, 1.82) is 5.26 Å². The summed E-state index contributed by atoms with van der Waals surface area (Å²) in [5, 5.41) is 17.3. The number of nitriles is 1. The summed E-state index contributed by atoms with van der Waals surface area (Å²) in [5.41, 5.74) is 4.66. The van der Waals surface area contributed by atoms with E-state index >= 15 is 0 Å². The van der Waals surface area contributed by atoms with Gasteiger partial charge in [0.05, 0.1) is 12.3 Å². The fourth-order valence-corrected chi connectivity index (χ4v) is 4.66. The summed E-state index contributed by atoms with van der Waals surface area (Å²) < 4.78 is 11.7. The van der Waals surface area contributed by atoms with Crippen molar-refractivity contribution in [1.82, 2.24) is 20.4 Å². The highest BCUT2D eigenvalue weighted by molar-refractivity contribution is 5.84. The number of hydrogen-bond acceptors (Lipinski definition) is 7. The summed E-state index contributed by atoms with van der Waals surface area (Å²) in [4.78, 5) is 6.54. The zero-order valence-corrected chi connectivity index (χ0v) is 21.2. The van der Waals surface area contributed by atoms with E-state index in [0.717, 1.165) is 73.0 Å². The molecule has 2 aliphatic rings. The van der Waals surface area contributed by atoms with Crippen LogP contribution in [0.4, 0.5) is 0 Å². The summed E-state index contributed by atoms with van der Waals surface area (Å²) >= 11 is 0. The monoisotopic (exact) mass is 475 g/mol. The van der Waals surface area contributed by atoms with Gasteiger partial charge in [-0.3, -0.25) is 4.90 Å². The third-order valence-corrected chi connectivity index (χ3v) is 6.93. The number of nitrogens with one attached hydrogen (secondary N) is 1. The van der Waals surface area contributed by atoms with Crippen molar-refractivity contribution < 1.29 is 9.26 Å². The van der Waals surface area contributed by atoms with E-state index in [4.69, 9.17) is 14.5 Å². The van der Waals surface area contributed by atoms with Gasteiger partial charge < -0.3 is 14.6 Å². The Morgan fingerprint density at radius 2 is 1.91 bits per heavy atom. The molecule has 0 spiro atoms. The predicted octanol–water partition coefficient (Wildman–Crippen LogP) is 4.87. The summed E-state index contributed by atoms with van der Waals surface area (Å²) in [7, 11) is 3.75. The lowest BCUT2D eigenvalue weighted by Gasteiger charge is -2.31. The van der Waals surface area contributed by atoms with Gasteiger partial charge in [0, 0.05) is 23.7 Å². The zero-order valence-electron chi connectivity index (χ0n) is 21.2. The van der Waals surface area contributed by atoms with Crippen molar-refractivity contribution >= 4 is 11.0 Å². The standard InChI is InChI=1S/C26H30N4O2.C2H7N/c1-18-25(31-17-20-2-3-20)7-5-23-24(29-32-26(18)23)6-4-19-9-12-30(13-10-19)16-21-8-11-28-22(14-21)15-27;1-3-2/h5,7-8,11,14,19-20H,2-4,6,9-10,12-13,16-17H2,1H3;3H,1-2H3. The number of nitrogens with zero attached hydrogens (tertiary/aromatic N) is 4. The molecule has 7 nitrogen and oxygen atoms in total. The molecule has 186 valence electrons. The van der Waals surface area contributed by atoms with Crippen molar-refractivity contribution in [3.63, 3.8) is 0 Å². The Morgan fingerprint density at radius 3 is 2.63 bits per heavy atom. The molecule has 1 saturated heterocycles. The highest BCUT2D eigenvalue weighted by Crippen LogP contribution is 2.34. The number of ether oxygens (including phenoxy) is 1. The molecule has 2 aromatic heterocycles. The Bertz CT molecular complexity index is 1140. The fourth-order valence-electron chi connectivity index (χ4n) is 4.66. The van der Waals surface area contributed by atoms with E-state index in [9.17, 15) is 0 Å². The molecular weight excluding hydrogens is 438 g/mol. The molecule has 5 rings (SSSR count). The Balaban J connectivity index is 0.000000917. The van der Waals surface area contributed by atoms with Gasteiger partial charge in [-0.05, 0) is 114 Å². The Labute approximate surface area is 208 Å². The van der Waals surface area contributed by atoms with E-state index in [2.05, 4.69) is 45.5 Å². The van der Waals surface area contributed by atoms with Crippen LogP contribution in [0.2, 0.25) is 0 Å². The number of fused-ring (bicyclic) bond motifs is 1. The minimum absolute atomic E-state index is 0.494. The fraction of sp³-hybridized carbons (Fsp3) is 0.536. The summed E-state index contributed by atoms with van der Waals surface area (Å²) in [6.45, 7) is 5.96. The average Bonchev–Trinajstić information content (AvgIpc) is 3.61. The van der Waals surface area contributed by atoms with Crippen molar-refractivity contribution in [2.24, 2.45) is 11.8 Å².